The van der Waals surface area contributed by atoms with E-state index < -0.39 is 17.7 Å². The molecule has 2 atom stereocenters. The van der Waals surface area contributed by atoms with Crippen LogP contribution in [-0.2, 0) is 14.3 Å². The van der Waals surface area contributed by atoms with Crippen molar-refractivity contribution in [1.82, 2.24) is 10.2 Å². The van der Waals surface area contributed by atoms with Gasteiger partial charge in [0.15, 0.2) is 0 Å². The predicted molar refractivity (Wildman–Crippen MR) is 95.3 cm³/mol. The number of hydrogen-bond acceptors (Lipinski definition) is 4. The Labute approximate surface area is 149 Å². The molecule has 2 amide bonds. The van der Waals surface area contributed by atoms with Crippen LogP contribution in [0.15, 0.2) is 24.3 Å². The van der Waals surface area contributed by atoms with Gasteiger partial charge >= 0.3 is 6.09 Å². The highest BCUT2D eigenvalue weighted by Crippen LogP contribution is 2.17. The van der Waals surface area contributed by atoms with Gasteiger partial charge in [-0.1, -0.05) is 29.8 Å². The van der Waals surface area contributed by atoms with Gasteiger partial charge in [0, 0.05) is 6.54 Å². The van der Waals surface area contributed by atoms with Crippen LogP contribution in [0.5, 0.6) is 0 Å². The van der Waals surface area contributed by atoms with Crippen LogP contribution >= 0.6 is 0 Å². The average Bonchev–Trinajstić information content (AvgIpc) is 2.53. The predicted octanol–water partition coefficient (Wildman–Crippen LogP) is 2.81. The second-order valence-electron chi connectivity index (χ2n) is 7.41. The molecule has 138 valence electrons. The summed E-state index contributed by atoms with van der Waals surface area (Å²) in [5, 5.41) is 2.96. The molecule has 0 unspecified atom stereocenters. The largest absolute Gasteiger partial charge is 0.444 e. The van der Waals surface area contributed by atoms with Gasteiger partial charge in [0.2, 0.25) is 5.91 Å². The molecule has 1 heterocycles. The van der Waals surface area contributed by atoms with Crippen LogP contribution < -0.4 is 5.32 Å². The minimum absolute atomic E-state index is 0.157. The molecular weight excluding hydrogens is 320 g/mol. The minimum Gasteiger partial charge on any atom is -0.444 e. The molecular formula is C19H28N2O4. The normalized spacial score (nSPS) is 19.2. The van der Waals surface area contributed by atoms with E-state index >= 15 is 0 Å². The lowest BCUT2D eigenvalue weighted by molar-refractivity contribution is -0.132. The van der Waals surface area contributed by atoms with E-state index in [-0.39, 0.29) is 18.6 Å². The Hall–Kier alpha value is -2.08. The van der Waals surface area contributed by atoms with Crippen LogP contribution in [0.2, 0.25) is 0 Å². The van der Waals surface area contributed by atoms with Crippen molar-refractivity contribution in [2.75, 3.05) is 19.8 Å². The van der Waals surface area contributed by atoms with Crippen LogP contribution in [0, 0.1) is 6.92 Å². The first-order valence-electron chi connectivity index (χ1n) is 8.61. The van der Waals surface area contributed by atoms with E-state index in [1.165, 1.54) is 10.5 Å². The third-order valence-electron chi connectivity index (χ3n) is 4.00. The van der Waals surface area contributed by atoms with Gasteiger partial charge in [-0.2, -0.15) is 0 Å². The quantitative estimate of drug-likeness (QED) is 0.912. The number of aryl methyl sites for hydroxylation is 1. The van der Waals surface area contributed by atoms with E-state index in [0.29, 0.717) is 13.2 Å². The number of nitrogens with zero attached hydrogens (tertiary/aromatic N) is 1. The second-order valence-corrected chi connectivity index (χ2v) is 7.41. The van der Waals surface area contributed by atoms with E-state index in [9.17, 15) is 9.59 Å². The summed E-state index contributed by atoms with van der Waals surface area (Å²) in [5.41, 5.74) is 1.57. The van der Waals surface area contributed by atoms with Crippen molar-refractivity contribution in [1.29, 1.82) is 0 Å². The molecule has 2 rings (SSSR count). The van der Waals surface area contributed by atoms with Gasteiger partial charge in [-0.3, -0.25) is 9.69 Å². The molecule has 0 spiro atoms. The summed E-state index contributed by atoms with van der Waals surface area (Å²) in [6, 6.07) is 7.16. The number of benzene rings is 1. The fourth-order valence-electron chi connectivity index (χ4n) is 2.61. The fourth-order valence-corrected chi connectivity index (χ4v) is 2.61. The number of ether oxygens (including phenoxy) is 2. The zero-order chi connectivity index (χ0) is 18.6. The molecule has 1 aliphatic heterocycles. The summed E-state index contributed by atoms with van der Waals surface area (Å²) >= 11 is 0. The van der Waals surface area contributed by atoms with Gasteiger partial charge in [-0.05, 0) is 40.2 Å². The molecule has 0 saturated carbocycles. The Morgan fingerprint density at radius 2 is 1.92 bits per heavy atom. The summed E-state index contributed by atoms with van der Waals surface area (Å²) in [6.45, 7) is 10.3. The molecule has 6 heteroatoms. The third kappa shape index (κ3) is 5.46. The van der Waals surface area contributed by atoms with Gasteiger partial charge in [0.1, 0.15) is 11.6 Å². The van der Waals surface area contributed by atoms with Crippen LogP contribution in [0.1, 0.15) is 44.9 Å². The lowest BCUT2D eigenvalue weighted by Gasteiger charge is -2.36. The zero-order valence-electron chi connectivity index (χ0n) is 15.7. The molecule has 0 aliphatic carbocycles. The summed E-state index contributed by atoms with van der Waals surface area (Å²) in [6.07, 6.45) is -0.487. The Kier molecular flexibility index (Phi) is 6.06. The first-order valence-corrected chi connectivity index (χ1v) is 8.61. The smallest absolute Gasteiger partial charge is 0.411 e. The summed E-state index contributed by atoms with van der Waals surface area (Å²) in [5.74, 6) is -0.237. The average molecular weight is 348 g/mol. The van der Waals surface area contributed by atoms with Gasteiger partial charge in [0.25, 0.3) is 0 Å². The van der Waals surface area contributed by atoms with E-state index in [0.717, 1.165) is 5.56 Å². The van der Waals surface area contributed by atoms with Gasteiger partial charge in [-0.25, -0.2) is 4.79 Å². The summed E-state index contributed by atoms with van der Waals surface area (Å²) in [4.78, 5) is 26.5. The Morgan fingerprint density at radius 1 is 1.28 bits per heavy atom. The minimum atomic E-state index is -0.684. The van der Waals surface area contributed by atoms with E-state index in [1.807, 2.05) is 38.1 Å². The van der Waals surface area contributed by atoms with Crippen molar-refractivity contribution in [2.45, 2.75) is 52.3 Å². The first kappa shape index (κ1) is 19.2. The Bertz CT molecular complexity index is 607. The molecule has 1 aromatic rings. The molecule has 25 heavy (non-hydrogen) atoms. The second kappa shape index (κ2) is 7.87. The summed E-state index contributed by atoms with van der Waals surface area (Å²) < 4.78 is 10.8. The molecule has 0 radical (unpaired) electrons. The SMILES string of the molecule is Cc1ccc([C@@H](C)NC(=O)[C@H]2COCCN2C(=O)OC(C)(C)C)cc1. The molecule has 0 aromatic heterocycles. The highest BCUT2D eigenvalue weighted by Gasteiger charge is 2.35. The monoisotopic (exact) mass is 348 g/mol. The van der Waals surface area contributed by atoms with Crippen molar-refractivity contribution < 1.29 is 19.1 Å². The van der Waals surface area contributed by atoms with Crippen LogP contribution in [0.25, 0.3) is 0 Å². The van der Waals surface area contributed by atoms with Crippen molar-refractivity contribution in [3.63, 3.8) is 0 Å². The maximum atomic E-state index is 12.7. The number of carbonyl (C=O) groups excluding carboxylic acids is 2. The molecule has 1 fully saturated rings. The number of amides is 2. The van der Waals surface area contributed by atoms with Crippen molar-refractivity contribution in [3.05, 3.63) is 35.4 Å². The topological polar surface area (TPSA) is 67.9 Å². The van der Waals surface area contributed by atoms with Gasteiger partial charge in [-0.15, -0.1) is 0 Å². The fraction of sp³-hybridized carbons (Fsp3) is 0.579. The highest BCUT2D eigenvalue weighted by molar-refractivity contribution is 5.86. The number of carbonyl (C=O) groups is 2. The van der Waals surface area contributed by atoms with Crippen LogP contribution in [-0.4, -0.2) is 48.3 Å². The summed E-state index contributed by atoms with van der Waals surface area (Å²) in [7, 11) is 0. The number of morpholine rings is 1. The number of rotatable bonds is 3. The zero-order valence-corrected chi connectivity index (χ0v) is 15.7. The van der Waals surface area contributed by atoms with Gasteiger partial charge in [0.05, 0.1) is 19.3 Å². The number of nitrogens with one attached hydrogen (secondary N) is 1. The molecule has 6 nitrogen and oxygen atoms in total. The van der Waals surface area contributed by atoms with E-state index in [4.69, 9.17) is 9.47 Å². The lowest BCUT2D eigenvalue weighted by Crippen LogP contribution is -2.57. The van der Waals surface area contributed by atoms with Gasteiger partial charge < -0.3 is 14.8 Å². The van der Waals surface area contributed by atoms with Crippen molar-refractivity contribution in [2.24, 2.45) is 0 Å². The highest BCUT2D eigenvalue weighted by atomic mass is 16.6. The molecule has 1 aliphatic rings. The first-order chi connectivity index (χ1) is 11.7. The van der Waals surface area contributed by atoms with E-state index in [2.05, 4.69) is 5.32 Å². The maximum absolute atomic E-state index is 12.7. The van der Waals surface area contributed by atoms with Crippen LogP contribution in [0.3, 0.4) is 0 Å². The molecule has 1 aromatic carbocycles. The maximum Gasteiger partial charge on any atom is 0.411 e. The Balaban J connectivity index is 2.04. The van der Waals surface area contributed by atoms with E-state index in [1.54, 1.807) is 20.8 Å². The molecule has 1 N–H and O–H groups in total. The van der Waals surface area contributed by atoms with Crippen molar-refractivity contribution in [3.8, 4) is 0 Å². The number of hydrogen-bond donors (Lipinski definition) is 1. The third-order valence-corrected chi connectivity index (χ3v) is 4.00. The molecule has 0 bridgehead atoms. The molecule has 1 saturated heterocycles. The van der Waals surface area contributed by atoms with Crippen molar-refractivity contribution >= 4 is 12.0 Å². The lowest BCUT2D eigenvalue weighted by atomic mass is 10.1. The standard InChI is InChI=1S/C19H28N2O4/c1-13-6-8-15(9-7-13)14(2)20-17(22)16-12-24-11-10-21(16)18(23)25-19(3,4)5/h6-9,14,16H,10-12H2,1-5H3,(H,20,22)/t14-,16-/m1/s1. The Morgan fingerprint density at radius 3 is 2.52 bits per heavy atom. The van der Waals surface area contributed by atoms with Crippen LogP contribution in [0.4, 0.5) is 4.79 Å².